The predicted octanol–water partition coefficient (Wildman–Crippen LogP) is 3.27. The third-order valence-corrected chi connectivity index (χ3v) is 1.78. The van der Waals surface area contributed by atoms with Gasteiger partial charge in [0, 0.05) is 5.56 Å². The topological polar surface area (TPSA) is 35.2 Å². The largest absolute Gasteiger partial charge is 0.573 e. The first-order chi connectivity index (χ1) is 7.31. The fraction of sp³-hybridized carbons (Fsp3) is 0.333. The SMILES string of the molecule is Cl.N[C@@H](c1ccccc1OC(F)(F)F)C(F)F. The van der Waals surface area contributed by atoms with E-state index in [0.717, 1.165) is 12.1 Å². The van der Waals surface area contributed by atoms with E-state index in [4.69, 9.17) is 5.73 Å². The Morgan fingerprint density at radius 2 is 1.65 bits per heavy atom. The molecule has 1 rings (SSSR count). The molecule has 17 heavy (non-hydrogen) atoms. The van der Waals surface area contributed by atoms with Crippen molar-refractivity contribution in [3.8, 4) is 5.75 Å². The van der Waals surface area contributed by atoms with Gasteiger partial charge >= 0.3 is 6.36 Å². The number of hydrogen-bond donors (Lipinski definition) is 1. The summed E-state index contributed by atoms with van der Waals surface area (Å²) in [4.78, 5) is 0. The summed E-state index contributed by atoms with van der Waals surface area (Å²) in [5, 5.41) is 0. The Labute approximate surface area is 100.0 Å². The van der Waals surface area contributed by atoms with Gasteiger partial charge in [0.25, 0.3) is 6.43 Å². The third-order valence-electron chi connectivity index (χ3n) is 1.78. The van der Waals surface area contributed by atoms with E-state index in [2.05, 4.69) is 4.74 Å². The Bertz CT molecular complexity index is 357. The molecule has 0 aromatic heterocycles. The Hall–Kier alpha value is -1.08. The fourth-order valence-electron chi connectivity index (χ4n) is 1.11. The van der Waals surface area contributed by atoms with Gasteiger partial charge in [-0.25, -0.2) is 8.78 Å². The van der Waals surface area contributed by atoms with E-state index in [1.165, 1.54) is 12.1 Å². The standard InChI is InChI=1S/C9H8F5NO.ClH/c10-8(11)7(15)5-3-1-2-4-6(5)16-9(12,13)14;/h1-4,7-8H,15H2;1H/t7-;/m0./s1. The molecule has 0 radical (unpaired) electrons. The van der Waals surface area contributed by atoms with Crippen LogP contribution in [0, 0.1) is 0 Å². The summed E-state index contributed by atoms with van der Waals surface area (Å²) in [6.45, 7) is 0. The number of nitrogens with two attached hydrogens (primary N) is 1. The number of alkyl halides is 5. The molecule has 0 fully saturated rings. The van der Waals surface area contributed by atoms with Crippen molar-refractivity contribution in [2.45, 2.75) is 18.8 Å². The summed E-state index contributed by atoms with van der Waals surface area (Å²) in [6.07, 6.45) is -7.89. The number of rotatable bonds is 3. The van der Waals surface area contributed by atoms with Gasteiger partial charge in [-0.1, -0.05) is 18.2 Å². The summed E-state index contributed by atoms with van der Waals surface area (Å²) >= 11 is 0. The van der Waals surface area contributed by atoms with Crippen LogP contribution in [0.2, 0.25) is 0 Å². The summed E-state index contributed by atoms with van der Waals surface area (Å²) in [5.74, 6) is -0.706. The monoisotopic (exact) mass is 277 g/mol. The highest BCUT2D eigenvalue weighted by molar-refractivity contribution is 5.85. The minimum atomic E-state index is -4.93. The molecule has 0 saturated carbocycles. The molecule has 0 unspecified atom stereocenters. The molecule has 0 aliphatic carbocycles. The molecule has 0 amide bonds. The van der Waals surface area contributed by atoms with Crippen LogP contribution in [0.4, 0.5) is 22.0 Å². The smallest absolute Gasteiger partial charge is 0.405 e. The van der Waals surface area contributed by atoms with E-state index in [1.54, 1.807) is 0 Å². The second kappa shape index (κ2) is 6.02. The van der Waals surface area contributed by atoms with Gasteiger partial charge in [-0.15, -0.1) is 25.6 Å². The van der Waals surface area contributed by atoms with Crippen LogP contribution in [0.15, 0.2) is 24.3 Å². The van der Waals surface area contributed by atoms with E-state index in [-0.39, 0.29) is 18.0 Å². The molecule has 0 saturated heterocycles. The first-order valence-electron chi connectivity index (χ1n) is 4.19. The molecule has 0 aliphatic heterocycles. The van der Waals surface area contributed by atoms with Gasteiger partial charge in [0.1, 0.15) is 5.75 Å². The Balaban J connectivity index is 0.00000256. The van der Waals surface area contributed by atoms with Crippen molar-refractivity contribution < 1.29 is 26.7 Å². The van der Waals surface area contributed by atoms with E-state index in [0.29, 0.717) is 0 Å². The lowest BCUT2D eigenvalue weighted by atomic mass is 10.1. The van der Waals surface area contributed by atoms with Gasteiger partial charge in [0.15, 0.2) is 0 Å². The van der Waals surface area contributed by atoms with E-state index >= 15 is 0 Å². The highest BCUT2D eigenvalue weighted by atomic mass is 35.5. The van der Waals surface area contributed by atoms with Crippen LogP contribution >= 0.6 is 12.4 Å². The molecule has 0 bridgehead atoms. The van der Waals surface area contributed by atoms with Crippen LogP contribution in [0.25, 0.3) is 0 Å². The van der Waals surface area contributed by atoms with Crippen molar-refractivity contribution in [2.24, 2.45) is 5.73 Å². The quantitative estimate of drug-likeness (QED) is 0.861. The van der Waals surface area contributed by atoms with Crippen molar-refractivity contribution >= 4 is 12.4 Å². The molecule has 0 aliphatic rings. The second-order valence-electron chi connectivity index (χ2n) is 2.95. The van der Waals surface area contributed by atoms with Gasteiger partial charge in [0.2, 0.25) is 0 Å². The van der Waals surface area contributed by atoms with E-state index < -0.39 is 24.6 Å². The van der Waals surface area contributed by atoms with Crippen molar-refractivity contribution in [1.82, 2.24) is 0 Å². The van der Waals surface area contributed by atoms with E-state index in [9.17, 15) is 22.0 Å². The molecule has 0 heterocycles. The van der Waals surface area contributed by atoms with Crippen LogP contribution in [-0.4, -0.2) is 12.8 Å². The first kappa shape index (κ1) is 15.9. The maximum atomic E-state index is 12.3. The third kappa shape index (κ3) is 4.74. The zero-order valence-corrected chi connectivity index (χ0v) is 9.06. The van der Waals surface area contributed by atoms with Crippen LogP contribution in [-0.2, 0) is 0 Å². The maximum Gasteiger partial charge on any atom is 0.573 e. The molecule has 1 aromatic rings. The normalized spacial score (nSPS) is 13.1. The maximum absolute atomic E-state index is 12.3. The molecule has 2 N–H and O–H groups in total. The number of ether oxygens (including phenoxy) is 1. The van der Waals surface area contributed by atoms with E-state index in [1.807, 2.05) is 0 Å². The minimum absolute atomic E-state index is 0. The molecule has 1 atom stereocenters. The van der Waals surface area contributed by atoms with Gasteiger partial charge < -0.3 is 10.5 Å². The minimum Gasteiger partial charge on any atom is -0.405 e. The van der Waals surface area contributed by atoms with Gasteiger partial charge in [-0.3, -0.25) is 0 Å². The van der Waals surface area contributed by atoms with Crippen LogP contribution in [0.3, 0.4) is 0 Å². The summed E-state index contributed by atoms with van der Waals surface area (Å²) in [6, 6.07) is 2.74. The number of para-hydroxylation sites is 1. The zero-order chi connectivity index (χ0) is 12.3. The summed E-state index contributed by atoms with van der Waals surface area (Å²) < 4.78 is 63.9. The van der Waals surface area contributed by atoms with Crippen LogP contribution in [0.5, 0.6) is 5.75 Å². The van der Waals surface area contributed by atoms with Crippen LogP contribution in [0.1, 0.15) is 11.6 Å². The number of benzene rings is 1. The first-order valence-corrected chi connectivity index (χ1v) is 4.19. The second-order valence-corrected chi connectivity index (χ2v) is 2.95. The lowest BCUT2D eigenvalue weighted by Crippen LogP contribution is -2.23. The van der Waals surface area contributed by atoms with Gasteiger partial charge in [-0.2, -0.15) is 0 Å². The zero-order valence-electron chi connectivity index (χ0n) is 8.25. The molecular weight excluding hydrogens is 269 g/mol. The van der Waals surface area contributed by atoms with Crippen molar-refractivity contribution in [2.75, 3.05) is 0 Å². The fourth-order valence-corrected chi connectivity index (χ4v) is 1.11. The van der Waals surface area contributed by atoms with Gasteiger partial charge in [-0.05, 0) is 6.07 Å². The highest BCUT2D eigenvalue weighted by Crippen LogP contribution is 2.31. The molecule has 98 valence electrons. The Kier molecular flexibility index (Phi) is 5.63. The lowest BCUT2D eigenvalue weighted by Gasteiger charge is -2.17. The van der Waals surface area contributed by atoms with Crippen LogP contribution < -0.4 is 10.5 Å². The molecule has 2 nitrogen and oxygen atoms in total. The van der Waals surface area contributed by atoms with Crippen molar-refractivity contribution in [3.05, 3.63) is 29.8 Å². The molecule has 8 heteroatoms. The summed E-state index contributed by atoms with van der Waals surface area (Å²) in [5.41, 5.74) is 4.68. The van der Waals surface area contributed by atoms with Crippen molar-refractivity contribution in [3.63, 3.8) is 0 Å². The number of halogens is 6. The number of hydrogen-bond acceptors (Lipinski definition) is 2. The van der Waals surface area contributed by atoms with Gasteiger partial charge in [0.05, 0.1) is 6.04 Å². The lowest BCUT2D eigenvalue weighted by molar-refractivity contribution is -0.275. The molecule has 1 aromatic carbocycles. The average molecular weight is 278 g/mol. The Morgan fingerprint density at radius 3 is 2.12 bits per heavy atom. The van der Waals surface area contributed by atoms with Crippen molar-refractivity contribution in [1.29, 1.82) is 0 Å². The average Bonchev–Trinajstić information content (AvgIpc) is 2.15. The Morgan fingerprint density at radius 1 is 1.12 bits per heavy atom. The highest BCUT2D eigenvalue weighted by Gasteiger charge is 2.33. The predicted molar refractivity (Wildman–Crippen MR) is 53.3 cm³/mol. The molecule has 0 spiro atoms. The molecular formula is C9H9ClF5NO. The summed E-state index contributed by atoms with van der Waals surface area (Å²) in [7, 11) is 0.